The van der Waals surface area contributed by atoms with E-state index in [1.165, 1.54) is 16.5 Å². The van der Waals surface area contributed by atoms with Gasteiger partial charge in [-0.3, -0.25) is 0 Å². The number of nitrogens with zero attached hydrogens (tertiary/aromatic N) is 1. The highest BCUT2D eigenvalue weighted by molar-refractivity contribution is 9.10. The molecular formula is C13H17BrN2. The van der Waals surface area contributed by atoms with Crippen molar-refractivity contribution in [2.24, 2.45) is 5.73 Å². The third-order valence-electron chi connectivity index (χ3n) is 2.86. The van der Waals surface area contributed by atoms with Gasteiger partial charge in [0.15, 0.2) is 0 Å². The maximum Gasteiger partial charge on any atom is 0.0629 e. The van der Waals surface area contributed by atoms with Gasteiger partial charge in [0.25, 0.3) is 0 Å². The average Bonchev–Trinajstić information content (AvgIpc) is 2.60. The van der Waals surface area contributed by atoms with Crippen molar-refractivity contribution in [2.45, 2.75) is 26.3 Å². The molecule has 0 aliphatic rings. The van der Waals surface area contributed by atoms with Gasteiger partial charge in [0, 0.05) is 22.1 Å². The molecule has 0 bridgehead atoms. The number of nitrogens with two attached hydrogens (primary N) is 1. The molecule has 2 nitrogen and oxygen atoms in total. The lowest BCUT2D eigenvalue weighted by Crippen LogP contribution is -2.02. The molecule has 3 heteroatoms. The monoisotopic (exact) mass is 280 g/mol. The topological polar surface area (TPSA) is 30.9 Å². The van der Waals surface area contributed by atoms with Crippen LogP contribution in [0.15, 0.2) is 28.9 Å². The zero-order valence-electron chi connectivity index (χ0n) is 9.70. The van der Waals surface area contributed by atoms with Gasteiger partial charge in [-0.25, -0.2) is 0 Å². The summed E-state index contributed by atoms with van der Waals surface area (Å²) in [6.07, 6.45) is 3.17. The summed E-state index contributed by atoms with van der Waals surface area (Å²) in [4.78, 5) is 0. The summed E-state index contributed by atoms with van der Waals surface area (Å²) >= 11 is 3.63. The van der Waals surface area contributed by atoms with Crippen LogP contribution in [0.4, 0.5) is 0 Å². The number of hydrogen-bond donors (Lipinski definition) is 1. The zero-order valence-corrected chi connectivity index (χ0v) is 11.3. The third kappa shape index (κ3) is 1.89. The number of para-hydroxylation sites is 1. The number of aromatic nitrogens is 1. The van der Waals surface area contributed by atoms with Crippen LogP contribution in [0.2, 0.25) is 0 Å². The summed E-state index contributed by atoms with van der Waals surface area (Å²) in [6, 6.07) is 6.81. The lowest BCUT2D eigenvalue weighted by Gasteiger charge is -2.10. The van der Waals surface area contributed by atoms with E-state index < -0.39 is 0 Å². The van der Waals surface area contributed by atoms with E-state index in [0.717, 1.165) is 10.9 Å². The fourth-order valence-corrected chi connectivity index (χ4v) is 2.67. The lowest BCUT2D eigenvalue weighted by molar-refractivity contribution is 0.620. The van der Waals surface area contributed by atoms with Crippen LogP contribution in [0.3, 0.4) is 0 Å². The predicted molar refractivity (Wildman–Crippen MR) is 72.8 cm³/mol. The molecular weight excluding hydrogens is 264 g/mol. The molecule has 1 aromatic carbocycles. The lowest BCUT2D eigenvalue weighted by atomic mass is 10.1. The molecule has 2 N–H and O–H groups in total. The van der Waals surface area contributed by atoms with Crippen LogP contribution in [0, 0.1) is 0 Å². The summed E-state index contributed by atoms with van der Waals surface area (Å²) in [5, 5.41) is 1.31. The first-order valence-corrected chi connectivity index (χ1v) is 6.42. The molecule has 0 amide bonds. The molecule has 1 aromatic heterocycles. The largest absolute Gasteiger partial charge is 0.344 e. The number of rotatable bonds is 3. The molecule has 0 aliphatic carbocycles. The van der Waals surface area contributed by atoms with E-state index in [1.807, 2.05) is 0 Å². The molecule has 16 heavy (non-hydrogen) atoms. The molecule has 0 atom stereocenters. The standard InChI is InChI=1S/C13H17BrN2/c1-9(2)16-8-10(6-7-15)11-4-3-5-12(14)13(11)16/h3-5,8-9H,6-7,15H2,1-2H3. The second kappa shape index (κ2) is 4.60. The molecule has 86 valence electrons. The van der Waals surface area contributed by atoms with Crippen LogP contribution < -0.4 is 5.73 Å². The van der Waals surface area contributed by atoms with Gasteiger partial charge in [-0.05, 0) is 54.4 Å². The Kier molecular flexibility index (Phi) is 3.36. The minimum Gasteiger partial charge on any atom is -0.344 e. The number of fused-ring (bicyclic) bond motifs is 1. The Hall–Kier alpha value is -0.800. The van der Waals surface area contributed by atoms with Crippen LogP contribution in [0.1, 0.15) is 25.5 Å². The molecule has 0 unspecified atom stereocenters. The summed E-state index contributed by atoms with van der Waals surface area (Å²) in [5.41, 5.74) is 8.27. The van der Waals surface area contributed by atoms with Crippen molar-refractivity contribution in [1.29, 1.82) is 0 Å². The van der Waals surface area contributed by atoms with Gasteiger partial charge in [-0.1, -0.05) is 12.1 Å². The van der Waals surface area contributed by atoms with Crippen molar-refractivity contribution >= 4 is 26.8 Å². The number of hydrogen-bond acceptors (Lipinski definition) is 1. The SMILES string of the molecule is CC(C)n1cc(CCN)c2cccc(Br)c21. The van der Waals surface area contributed by atoms with Crippen LogP contribution >= 0.6 is 15.9 Å². The Morgan fingerprint density at radius 1 is 1.38 bits per heavy atom. The Morgan fingerprint density at radius 2 is 2.12 bits per heavy atom. The van der Waals surface area contributed by atoms with Gasteiger partial charge in [-0.15, -0.1) is 0 Å². The van der Waals surface area contributed by atoms with Crippen molar-refractivity contribution in [1.82, 2.24) is 4.57 Å². The Bertz CT molecular complexity index is 500. The van der Waals surface area contributed by atoms with Gasteiger partial charge in [-0.2, -0.15) is 0 Å². The summed E-state index contributed by atoms with van der Waals surface area (Å²) < 4.78 is 3.46. The van der Waals surface area contributed by atoms with E-state index in [2.05, 4.69) is 58.7 Å². The summed E-state index contributed by atoms with van der Waals surface area (Å²) in [5.74, 6) is 0. The van der Waals surface area contributed by atoms with Crippen molar-refractivity contribution in [3.05, 3.63) is 34.4 Å². The first kappa shape index (κ1) is 11.7. The fourth-order valence-electron chi connectivity index (χ4n) is 2.10. The number of halogens is 1. The molecule has 0 fully saturated rings. The molecule has 2 rings (SSSR count). The average molecular weight is 281 g/mol. The maximum atomic E-state index is 5.65. The highest BCUT2D eigenvalue weighted by atomic mass is 79.9. The van der Waals surface area contributed by atoms with E-state index >= 15 is 0 Å². The fraction of sp³-hybridized carbons (Fsp3) is 0.385. The molecule has 0 radical (unpaired) electrons. The third-order valence-corrected chi connectivity index (χ3v) is 3.50. The maximum absolute atomic E-state index is 5.65. The summed E-state index contributed by atoms with van der Waals surface area (Å²) in [7, 11) is 0. The van der Waals surface area contributed by atoms with Crippen LogP contribution in [0.5, 0.6) is 0 Å². The van der Waals surface area contributed by atoms with Crippen LogP contribution in [-0.4, -0.2) is 11.1 Å². The summed E-state index contributed by atoms with van der Waals surface area (Å²) in [6.45, 7) is 5.10. The molecule has 0 saturated carbocycles. The first-order chi connectivity index (χ1) is 7.65. The van der Waals surface area contributed by atoms with E-state index in [1.54, 1.807) is 0 Å². The second-order valence-electron chi connectivity index (χ2n) is 4.33. The second-order valence-corrected chi connectivity index (χ2v) is 5.18. The highest BCUT2D eigenvalue weighted by Gasteiger charge is 2.12. The smallest absolute Gasteiger partial charge is 0.0629 e. The van der Waals surface area contributed by atoms with E-state index in [-0.39, 0.29) is 0 Å². The predicted octanol–water partition coefficient (Wildman–Crippen LogP) is 3.49. The van der Waals surface area contributed by atoms with Gasteiger partial charge in [0.2, 0.25) is 0 Å². The highest BCUT2D eigenvalue weighted by Crippen LogP contribution is 2.30. The van der Waals surface area contributed by atoms with Gasteiger partial charge in [0.05, 0.1) is 5.52 Å². The molecule has 0 aliphatic heterocycles. The molecule has 0 saturated heterocycles. The van der Waals surface area contributed by atoms with Gasteiger partial charge < -0.3 is 10.3 Å². The Morgan fingerprint density at radius 3 is 2.75 bits per heavy atom. The van der Waals surface area contributed by atoms with Crippen LogP contribution in [-0.2, 0) is 6.42 Å². The van der Waals surface area contributed by atoms with Crippen molar-refractivity contribution in [3.8, 4) is 0 Å². The Balaban J connectivity index is 2.71. The van der Waals surface area contributed by atoms with Gasteiger partial charge in [0.1, 0.15) is 0 Å². The quantitative estimate of drug-likeness (QED) is 0.917. The molecule has 2 aromatic rings. The minimum atomic E-state index is 0.465. The van der Waals surface area contributed by atoms with Gasteiger partial charge >= 0.3 is 0 Å². The first-order valence-electron chi connectivity index (χ1n) is 5.63. The van der Waals surface area contributed by atoms with E-state index in [0.29, 0.717) is 12.6 Å². The molecule has 1 heterocycles. The van der Waals surface area contributed by atoms with Crippen molar-refractivity contribution < 1.29 is 0 Å². The normalized spacial score (nSPS) is 11.6. The van der Waals surface area contributed by atoms with Crippen molar-refractivity contribution in [3.63, 3.8) is 0 Å². The number of benzene rings is 1. The van der Waals surface area contributed by atoms with Crippen molar-refractivity contribution in [2.75, 3.05) is 6.54 Å². The Labute approximate surface area is 105 Å². The minimum absolute atomic E-state index is 0.465. The molecule has 0 spiro atoms. The zero-order chi connectivity index (χ0) is 11.7. The van der Waals surface area contributed by atoms with E-state index in [4.69, 9.17) is 5.73 Å². The van der Waals surface area contributed by atoms with Crippen LogP contribution in [0.25, 0.3) is 10.9 Å². The van der Waals surface area contributed by atoms with E-state index in [9.17, 15) is 0 Å².